The molecule has 1 saturated heterocycles. The van der Waals surface area contributed by atoms with E-state index in [9.17, 15) is 9.18 Å². The molecule has 0 unspecified atom stereocenters. The molecule has 132 valence electrons. The van der Waals surface area contributed by atoms with E-state index in [4.69, 9.17) is 5.73 Å². The highest BCUT2D eigenvalue weighted by molar-refractivity contribution is 7.13. The van der Waals surface area contributed by atoms with E-state index in [0.29, 0.717) is 11.6 Å². The molecule has 1 aromatic carbocycles. The largest absolute Gasteiger partial charge is 0.370 e. The summed E-state index contributed by atoms with van der Waals surface area (Å²) in [5.41, 5.74) is 6.38. The number of thiazole rings is 1. The minimum absolute atomic E-state index is 0.102. The Hall–Kier alpha value is -2.68. The number of carbonyl (C=O) groups excluding carboxylic acids is 1. The molecule has 1 aromatic heterocycles. The van der Waals surface area contributed by atoms with Crippen molar-refractivity contribution in [2.75, 3.05) is 42.9 Å². The lowest BCUT2D eigenvalue weighted by Gasteiger charge is -2.35. The van der Waals surface area contributed by atoms with Gasteiger partial charge < -0.3 is 20.9 Å². The number of nitrogens with one attached hydrogen (secondary N) is 1. The predicted molar refractivity (Wildman–Crippen MR) is 97.4 cm³/mol. The van der Waals surface area contributed by atoms with Gasteiger partial charge >= 0.3 is 0 Å². The maximum absolute atomic E-state index is 13.1. The maximum Gasteiger partial charge on any atom is 0.246 e. The maximum atomic E-state index is 13.1. The number of halogens is 1. The van der Waals surface area contributed by atoms with Crippen LogP contribution < -0.4 is 16.0 Å². The molecule has 0 bridgehead atoms. The molecule has 0 spiro atoms. The highest BCUT2D eigenvalue weighted by Gasteiger charge is 2.19. The molecule has 7 nitrogen and oxygen atoms in total. The molecule has 25 heavy (non-hydrogen) atoms. The number of aliphatic imine (C=N–C) groups is 1. The first-order valence-electron chi connectivity index (χ1n) is 7.86. The topological polar surface area (TPSA) is 86.8 Å². The number of aromatic nitrogens is 1. The molecule has 3 rings (SSSR count). The summed E-state index contributed by atoms with van der Waals surface area (Å²) < 4.78 is 13.1. The van der Waals surface area contributed by atoms with Crippen LogP contribution in [0.2, 0.25) is 0 Å². The van der Waals surface area contributed by atoms with Crippen LogP contribution in [-0.2, 0) is 4.79 Å². The van der Waals surface area contributed by atoms with Crippen LogP contribution in [0, 0.1) is 5.82 Å². The van der Waals surface area contributed by atoms with E-state index in [1.807, 2.05) is 10.3 Å². The van der Waals surface area contributed by atoms with Crippen LogP contribution in [0.5, 0.6) is 0 Å². The molecule has 9 heteroatoms. The van der Waals surface area contributed by atoms with Gasteiger partial charge in [0.05, 0.1) is 0 Å². The first kappa shape index (κ1) is 17.2. The number of carbonyl (C=O) groups is 1. The number of guanidine groups is 1. The molecular weight excluding hydrogens is 343 g/mol. The summed E-state index contributed by atoms with van der Waals surface area (Å²) >= 11 is 1.61. The van der Waals surface area contributed by atoms with Gasteiger partial charge in [0.15, 0.2) is 11.1 Å². The molecule has 2 aromatic rings. The van der Waals surface area contributed by atoms with Gasteiger partial charge in [0.2, 0.25) is 5.91 Å². The molecule has 0 saturated carbocycles. The minimum atomic E-state index is -0.404. The molecule has 3 N–H and O–H groups in total. The minimum Gasteiger partial charge on any atom is -0.370 e. The number of benzene rings is 1. The Labute approximate surface area is 149 Å². The Balaban J connectivity index is 1.48. The highest BCUT2D eigenvalue weighted by Crippen LogP contribution is 2.18. The molecule has 1 fully saturated rings. The van der Waals surface area contributed by atoms with Gasteiger partial charge in [0, 0.05) is 43.4 Å². The van der Waals surface area contributed by atoms with E-state index in [0.717, 1.165) is 31.3 Å². The Morgan fingerprint density at radius 3 is 2.84 bits per heavy atom. The van der Waals surface area contributed by atoms with Crippen molar-refractivity contribution in [2.24, 2.45) is 10.7 Å². The summed E-state index contributed by atoms with van der Waals surface area (Å²) in [6.45, 7) is 2.95. The zero-order valence-electron chi connectivity index (χ0n) is 13.6. The summed E-state index contributed by atoms with van der Waals surface area (Å²) in [4.78, 5) is 24.5. The van der Waals surface area contributed by atoms with Crippen LogP contribution in [0.1, 0.15) is 0 Å². The van der Waals surface area contributed by atoms with E-state index >= 15 is 0 Å². The van der Waals surface area contributed by atoms with Gasteiger partial charge in [-0.1, -0.05) is 6.07 Å². The monoisotopic (exact) mass is 362 g/mol. The second-order valence-corrected chi connectivity index (χ2v) is 6.39. The average molecular weight is 362 g/mol. The lowest BCUT2D eigenvalue weighted by molar-refractivity contribution is -0.114. The zero-order chi connectivity index (χ0) is 17.6. The van der Waals surface area contributed by atoms with E-state index < -0.39 is 5.82 Å². The first-order chi connectivity index (χ1) is 12.1. The van der Waals surface area contributed by atoms with Crippen molar-refractivity contribution in [2.45, 2.75) is 0 Å². The van der Waals surface area contributed by atoms with Gasteiger partial charge in [-0.15, -0.1) is 11.3 Å². The molecule has 0 radical (unpaired) electrons. The van der Waals surface area contributed by atoms with Gasteiger partial charge in [-0.2, -0.15) is 0 Å². The number of piperazine rings is 1. The van der Waals surface area contributed by atoms with E-state index in [-0.39, 0.29) is 12.5 Å². The SMILES string of the molecule is NC(=NCC(=O)Nc1cccc(F)c1)N1CCN(c2nccs2)CC1. The Morgan fingerprint density at radius 2 is 2.16 bits per heavy atom. The van der Waals surface area contributed by atoms with Crippen molar-refractivity contribution in [3.8, 4) is 0 Å². The fourth-order valence-electron chi connectivity index (χ4n) is 2.52. The lowest BCUT2D eigenvalue weighted by atomic mass is 10.3. The number of nitrogens with two attached hydrogens (primary N) is 1. The third-order valence-electron chi connectivity index (χ3n) is 3.79. The van der Waals surface area contributed by atoms with E-state index in [1.165, 1.54) is 18.2 Å². The number of hydrogen-bond donors (Lipinski definition) is 2. The number of rotatable bonds is 4. The van der Waals surface area contributed by atoms with Crippen LogP contribution in [-0.4, -0.2) is 54.5 Å². The van der Waals surface area contributed by atoms with Crippen molar-refractivity contribution in [1.29, 1.82) is 0 Å². The zero-order valence-corrected chi connectivity index (χ0v) is 14.4. The third kappa shape index (κ3) is 4.66. The quantitative estimate of drug-likeness (QED) is 0.633. The molecule has 1 aliphatic heterocycles. The van der Waals surface area contributed by atoms with Crippen molar-refractivity contribution in [1.82, 2.24) is 9.88 Å². The predicted octanol–water partition coefficient (Wildman–Crippen LogP) is 1.36. The second kappa shape index (κ2) is 7.93. The van der Waals surface area contributed by atoms with Gasteiger partial charge in [-0.25, -0.2) is 14.4 Å². The van der Waals surface area contributed by atoms with Gasteiger partial charge in [0.25, 0.3) is 0 Å². The van der Waals surface area contributed by atoms with E-state index in [1.54, 1.807) is 23.6 Å². The van der Waals surface area contributed by atoms with Crippen LogP contribution in [0.4, 0.5) is 15.2 Å². The van der Waals surface area contributed by atoms with Crippen molar-refractivity contribution < 1.29 is 9.18 Å². The average Bonchev–Trinajstić information content (AvgIpc) is 3.14. The summed E-state index contributed by atoms with van der Waals surface area (Å²) in [5, 5.41) is 5.55. The van der Waals surface area contributed by atoms with Crippen LogP contribution in [0.15, 0.2) is 40.8 Å². The van der Waals surface area contributed by atoms with E-state index in [2.05, 4.69) is 20.2 Å². The molecule has 2 heterocycles. The van der Waals surface area contributed by atoms with Crippen LogP contribution in [0.25, 0.3) is 0 Å². The standard InChI is InChI=1S/C16H19FN6OS/c17-12-2-1-3-13(10-12)21-14(24)11-20-15(18)22-5-7-23(8-6-22)16-19-4-9-25-16/h1-4,9-10H,5-8,11H2,(H2,18,20)(H,21,24). The van der Waals surface area contributed by atoms with Gasteiger partial charge in [-0.05, 0) is 18.2 Å². The molecule has 1 aliphatic rings. The fraction of sp³-hybridized carbons (Fsp3) is 0.312. The summed E-state index contributed by atoms with van der Waals surface area (Å²) in [7, 11) is 0. The Bertz CT molecular complexity index is 743. The van der Waals surface area contributed by atoms with Crippen molar-refractivity contribution in [3.05, 3.63) is 41.7 Å². The van der Waals surface area contributed by atoms with Crippen LogP contribution >= 0.6 is 11.3 Å². The highest BCUT2D eigenvalue weighted by atomic mass is 32.1. The summed E-state index contributed by atoms with van der Waals surface area (Å²) in [6.07, 6.45) is 1.79. The smallest absolute Gasteiger partial charge is 0.246 e. The van der Waals surface area contributed by atoms with Gasteiger partial charge in [-0.3, -0.25) is 4.79 Å². The number of hydrogen-bond acceptors (Lipinski definition) is 5. The molecule has 0 atom stereocenters. The van der Waals surface area contributed by atoms with Crippen LogP contribution in [0.3, 0.4) is 0 Å². The van der Waals surface area contributed by atoms with Crippen molar-refractivity contribution >= 4 is 34.0 Å². The number of amides is 1. The molecular formula is C16H19FN6OS. The first-order valence-corrected chi connectivity index (χ1v) is 8.74. The number of anilines is 2. The van der Waals surface area contributed by atoms with Crippen molar-refractivity contribution in [3.63, 3.8) is 0 Å². The molecule has 0 aliphatic carbocycles. The second-order valence-electron chi connectivity index (χ2n) is 5.52. The lowest BCUT2D eigenvalue weighted by Crippen LogP contribution is -2.51. The Morgan fingerprint density at radius 1 is 1.36 bits per heavy atom. The normalized spacial score (nSPS) is 15.3. The summed E-state index contributed by atoms with van der Waals surface area (Å²) in [5.74, 6) is -0.401. The number of nitrogens with zero attached hydrogens (tertiary/aromatic N) is 4. The Kier molecular flexibility index (Phi) is 5.44. The third-order valence-corrected chi connectivity index (χ3v) is 4.62. The summed E-state index contributed by atoms with van der Waals surface area (Å²) in [6, 6.07) is 5.72. The fourth-order valence-corrected chi connectivity index (χ4v) is 3.22. The molecule has 1 amide bonds. The van der Waals surface area contributed by atoms with Gasteiger partial charge in [0.1, 0.15) is 12.4 Å².